The zero-order valence-corrected chi connectivity index (χ0v) is 48.7. The van der Waals surface area contributed by atoms with Gasteiger partial charge in [-0.3, -0.25) is 14.4 Å². The van der Waals surface area contributed by atoms with Gasteiger partial charge in [-0.05, 0) is 44.9 Å². The molecule has 0 amide bonds. The molecule has 6 nitrogen and oxygen atoms in total. The number of rotatable bonds is 58. The van der Waals surface area contributed by atoms with Crippen LogP contribution in [0.4, 0.5) is 0 Å². The summed E-state index contributed by atoms with van der Waals surface area (Å²) in [7, 11) is 0. The maximum absolute atomic E-state index is 12.8. The molecule has 424 valence electrons. The lowest BCUT2D eigenvalue weighted by atomic mass is 10.0. The minimum atomic E-state index is -0.826. The molecule has 0 N–H and O–H groups in total. The van der Waals surface area contributed by atoms with Crippen molar-refractivity contribution in [2.45, 2.75) is 335 Å². The molecule has 0 aliphatic carbocycles. The van der Waals surface area contributed by atoms with Crippen LogP contribution in [0.25, 0.3) is 0 Å². The fourth-order valence-electron chi connectivity index (χ4n) is 9.35. The lowest BCUT2D eigenvalue weighted by Crippen LogP contribution is -2.30. The third kappa shape index (κ3) is 59.9. The van der Waals surface area contributed by atoms with E-state index in [4.69, 9.17) is 14.2 Å². The van der Waals surface area contributed by atoms with Gasteiger partial charge in [-0.1, -0.05) is 326 Å². The van der Waals surface area contributed by atoms with Crippen molar-refractivity contribution in [3.8, 4) is 0 Å². The second-order valence-corrected chi connectivity index (χ2v) is 21.3. The van der Waals surface area contributed by atoms with Gasteiger partial charge in [0, 0.05) is 12.8 Å². The van der Waals surface area contributed by atoms with Gasteiger partial charge >= 0.3 is 17.9 Å². The molecule has 0 aromatic rings. The Morgan fingerprint density at radius 1 is 0.288 bits per heavy atom. The standard InChI is InChI=1S/C67H120O6/c1-4-7-10-13-16-19-22-25-28-29-30-31-32-33-34-35-36-37-38-40-42-45-48-51-54-57-60-66(69)72-63-64(62-71-65(68)59-56-53-50-47-44-41-27-24-21-18-15-12-9-6-3)73-67(70)61-58-55-52-49-46-43-39-26-23-20-17-14-11-8-5-2/h8,11,17,20,26,39,46,49,55,58,64H,4-7,9-10,12-16,18-19,21-25,27-38,40-45,47-48,50-54,56-57,59-63H2,1-3H3/b11-8-,20-17-,39-26-,49-46-,58-55-. The predicted molar refractivity (Wildman–Crippen MR) is 316 cm³/mol. The lowest BCUT2D eigenvalue weighted by Gasteiger charge is -2.18. The number of allylic oxidation sites excluding steroid dienone is 9. The number of ether oxygens (including phenoxy) is 3. The molecule has 1 unspecified atom stereocenters. The van der Waals surface area contributed by atoms with Crippen LogP contribution in [0.15, 0.2) is 60.8 Å². The van der Waals surface area contributed by atoms with Crippen LogP contribution in [-0.2, 0) is 28.6 Å². The van der Waals surface area contributed by atoms with Crippen LogP contribution in [0, 0.1) is 0 Å². The van der Waals surface area contributed by atoms with Crippen LogP contribution in [0.3, 0.4) is 0 Å². The van der Waals surface area contributed by atoms with E-state index in [1.54, 1.807) is 6.08 Å². The van der Waals surface area contributed by atoms with E-state index in [0.29, 0.717) is 12.8 Å². The van der Waals surface area contributed by atoms with Crippen molar-refractivity contribution in [1.82, 2.24) is 0 Å². The van der Waals surface area contributed by atoms with E-state index in [1.165, 1.54) is 218 Å². The van der Waals surface area contributed by atoms with Crippen molar-refractivity contribution in [2.24, 2.45) is 0 Å². The normalized spacial score (nSPS) is 12.4. The Kier molecular flexibility index (Phi) is 59.2. The van der Waals surface area contributed by atoms with Crippen molar-refractivity contribution in [1.29, 1.82) is 0 Å². The summed E-state index contributed by atoms with van der Waals surface area (Å²) in [4.78, 5) is 38.2. The van der Waals surface area contributed by atoms with E-state index in [0.717, 1.165) is 70.6 Å². The summed E-state index contributed by atoms with van der Waals surface area (Å²) in [5, 5.41) is 0. The number of esters is 3. The average molecular weight is 1020 g/mol. The smallest absolute Gasteiger partial charge is 0.310 e. The van der Waals surface area contributed by atoms with Gasteiger partial charge in [-0.15, -0.1) is 0 Å². The number of hydrogen-bond acceptors (Lipinski definition) is 6. The molecule has 73 heavy (non-hydrogen) atoms. The monoisotopic (exact) mass is 1020 g/mol. The van der Waals surface area contributed by atoms with Crippen LogP contribution in [0.2, 0.25) is 0 Å². The van der Waals surface area contributed by atoms with Gasteiger partial charge in [0.1, 0.15) is 13.2 Å². The van der Waals surface area contributed by atoms with Crippen LogP contribution >= 0.6 is 0 Å². The number of hydrogen-bond donors (Lipinski definition) is 0. The highest BCUT2D eigenvalue weighted by Crippen LogP contribution is 2.18. The second kappa shape index (κ2) is 61.7. The molecule has 0 aliphatic rings. The summed E-state index contributed by atoms with van der Waals surface area (Å²) in [6, 6.07) is 0. The van der Waals surface area contributed by atoms with Gasteiger partial charge < -0.3 is 14.2 Å². The first-order chi connectivity index (χ1) is 36.0. The minimum Gasteiger partial charge on any atom is -0.462 e. The Labute approximate surface area is 453 Å². The van der Waals surface area contributed by atoms with Gasteiger partial charge in [0.05, 0.1) is 6.42 Å². The lowest BCUT2D eigenvalue weighted by molar-refractivity contribution is -0.166. The Balaban J connectivity index is 4.28. The first-order valence-electron chi connectivity index (χ1n) is 31.8. The van der Waals surface area contributed by atoms with E-state index >= 15 is 0 Å². The van der Waals surface area contributed by atoms with Gasteiger partial charge in [0.15, 0.2) is 6.10 Å². The molecule has 0 fully saturated rings. The zero-order valence-electron chi connectivity index (χ0n) is 48.7. The number of carbonyl (C=O) groups is 3. The summed E-state index contributed by atoms with van der Waals surface area (Å²) >= 11 is 0. The van der Waals surface area contributed by atoms with Crippen molar-refractivity contribution in [3.63, 3.8) is 0 Å². The molecular formula is C67H120O6. The maximum Gasteiger partial charge on any atom is 0.310 e. The maximum atomic E-state index is 12.8. The number of unbranched alkanes of at least 4 members (excludes halogenated alkanes) is 38. The third-order valence-corrected chi connectivity index (χ3v) is 14.1. The molecule has 0 rings (SSSR count). The van der Waals surface area contributed by atoms with Crippen LogP contribution < -0.4 is 0 Å². The largest absolute Gasteiger partial charge is 0.462 e. The molecular weight excluding hydrogens is 901 g/mol. The summed E-state index contributed by atoms with van der Waals surface area (Å²) in [6.07, 6.45) is 78.4. The van der Waals surface area contributed by atoms with E-state index in [9.17, 15) is 14.4 Å². The molecule has 0 aromatic heterocycles. The van der Waals surface area contributed by atoms with Gasteiger partial charge in [0.2, 0.25) is 0 Å². The highest BCUT2D eigenvalue weighted by Gasteiger charge is 2.19. The van der Waals surface area contributed by atoms with Crippen molar-refractivity contribution >= 4 is 17.9 Å². The Hall–Kier alpha value is -2.89. The molecule has 0 heterocycles. The average Bonchev–Trinajstić information content (AvgIpc) is 3.39. The Morgan fingerprint density at radius 3 is 0.781 bits per heavy atom. The molecule has 6 heteroatoms. The quantitative estimate of drug-likeness (QED) is 0.0261. The van der Waals surface area contributed by atoms with Gasteiger partial charge in [-0.25, -0.2) is 0 Å². The van der Waals surface area contributed by atoms with E-state index < -0.39 is 12.1 Å². The Morgan fingerprint density at radius 2 is 0.521 bits per heavy atom. The van der Waals surface area contributed by atoms with Crippen LogP contribution in [-0.4, -0.2) is 37.2 Å². The zero-order chi connectivity index (χ0) is 52.9. The highest BCUT2D eigenvalue weighted by molar-refractivity contribution is 5.72. The third-order valence-electron chi connectivity index (χ3n) is 14.1. The number of carbonyl (C=O) groups excluding carboxylic acids is 3. The molecule has 0 radical (unpaired) electrons. The van der Waals surface area contributed by atoms with Gasteiger partial charge in [-0.2, -0.15) is 0 Å². The van der Waals surface area contributed by atoms with Crippen molar-refractivity contribution in [3.05, 3.63) is 60.8 Å². The molecule has 0 saturated heterocycles. The molecule has 0 aliphatic heterocycles. The molecule has 0 spiro atoms. The summed E-state index contributed by atoms with van der Waals surface area (Å²) in [5.74, 6) is -1.02. The van der Waals surface area contributed by atoms with E-state index in [2.05, 4.69) is 69.4 Å². The fraction of sp³-hybridized carbons (Fsp3) is 0.806. The summed E-state index contributed by atoms with van der Waals surface area (Å²) in [5.41, 5.74) is 0. The van der Waals surface area contributed by atoms with Crippen LogP contribution in [0.1, 0.15) is 329 Å². The SMILES string of the molecule is CC/C=C\C/C=C\C/C=C\C/C=C\C/C=C\CC(=O)OC(COC(=O)CCCCCCCCCCCCCCCC)COC(=O)CCCCCCCCCCCCCCCCCCCCCCCCCCCC. The van der Waals surface area contributed by atoms with Crippen molar-refractivity contribution in [2.75, 3.05) is 13.2 Å². The van der Waals surface area contributed by atoms with Crippen LogP contribution in [0.5, 0.6) is 0 Å². The molecule has 1 atom stereocenters. The first-order valence-corrected chi connectivity index (χ1v) is 31.8. The minimum absolute atomic E-state index is 0.102. The van der Waals surface area contributed by atoms with E-state index in [-0.39, 0.29) is 31.6 Å². The Bertz CT molecular complexity index is 1310. The summed E-state index contributed by atoms with van der Waals surface area (Å²) < 4.78 is 16.8. The molecule has 0 saturated carbocycles. The first kappa shape index (κ1) is 70.1. The highest BCUT2D eigenvalue weighted by atomic mass is 16.6. The second-order valence-electron chi connectivity index (χ2n) is 21.3. The molecule has 0 bridgehead atoms. The van der Waals surface area contributed by atoms with E-state index in [1.807, 2.05) is 6.08 Å². The molecule has 0 aromatic carbocycles. The fourth-order valence-corrected chi connectivity index (χ4v) is 9.35. The topological polar surface area (TPSA) is 78.9 Å². The van der Waals surface area contributed by atoms with Gasteiger partial charge in [0.25, 0.3) is 0 Å². The van der Waals surface area contributed by atoms with Crippen molar-refractivity contribution < 1.29 is 28.6 Å². The summed E-state index contributed by atoms with van der Waals surface area (Å²) in [6.45, 7) is 6.49. The predicted octanol–water partition coefficient (Wildman–Crippen LogP) is 21.6.